The Hall–Kier alpha value is 0.510. The van der Waals surface area contributed by atoms with Gasteiger partial charge in [-0.25, -0.2) is 4.79 Å². The van der Waals surface area contributed by atoms with Gasteiger partial charge in [-0.1, -0.05) is 22.6 Å². The molecule has 0 amide bonds. The summed E-state index contributed by atoms with van der Waals surface area (Å²) in [4.78, 5) is 11.0. The van der Waals surface area contributed by atoms with E-state index < -0.39 is 5.44 Å². The van der Waals surface area contributed by atoms with Crippen molar-refractivity contribution in [3.63, 3.8) is 0 Å². The fourth-order valence-electron chi connectivity index (χ4n) is 0.710. The lowest BCUT2D eigenvalue weighted by atomic mass is 10.7. The molecule has 1 aliphatic rings. The zero-order valence-electron chi connectivity index (χ0n) is 6.08. The number of alkyl halides is 1. The molecule has 3 nitrogen and oxygen atoms in total. The Kier molecular flexibility index (Phi) is 3.94. The van der Waals surface area contributed by atoms with Gasteiger partial charge in [-0.15, -0.1) is 11.8 Å². The maximum atomic E-state index is 11.0. The van der Waals surface area contributed by atoms with Crippen LogP contribution in [0.2, 0.25) is 0 Å². The summed E-state index contributed by atoms with van der Waals surface area (Å²) >= 11 is 3.65. The van der Waals surface area contributed by atoms with E-state index in [1.54, 1.807) is 6.92 Å². The second-order valence-electron chi connectivity index (χ2n) is 1.96. The third kappa shape index (κ3) is 2.79. The van der Waals surface area contributed by atoms with Crippen LogP contribution in [-0.4, -0.2) is 27.9 Å². The largest absolute Gasteiger partial charge is 0.463 e. The van der Waals surface area contributed by atoms with E-state index in [4.69, 9.17) is 9.47 Å². The third-order valence-corrected chi connectivity index (χ3v) is 3.56. The first-order chi connectivity index (χ1) is 5.24. The fourth-order valence-corrected chi connectivity index (χ4v) is 2.65. The highest BCUT2D eigenvalue weighted by Crippen LogP contribution is 2.29. The molecule has 1 rings (SSSR count). The minimum absolute atomic E-state index is 0.145. The van der Waals surface area contributed by atoms with Crippen molar-refractivity contribution in [2.75, 3.05) is 12.4 Å². The molecule has 1 saturated heterocycles. The Balaban J connectivity index is 2.31. The van der Waals surface area contributed by atoms with Crippen LogP contribution in [0, 0.1) is 0 Å². The quantitative estimate of drug-likeness (QED) is 0.437. The van der Waals surface area contributed by atoms with Crippen LogP contribution in [0.5, 0.6) is 0 Å². The highest BCUT2D eigenvalue weighted by atomic mass is 127. The number of carbonyl (C=O) groups excluding carboxylic acids is 1. The van der Waals surface area contributed by atoms with Crippen molar-refractivity contribution in [1.29, 1.82) is 0 Å². The Morgan fingerprint density at radius 2 is 2.64 bits per heavy atom. The lowest BCUT2D eigenvalue weighted by Gasteiger charge is -2.07. The van der Waals surface area contributed by atoms with E-state index in [1.165, 1.54) is 11.8 Å². The molecule has 1 aliphatic heterocycles. The molecule has 0 aromatic carbocycles. The molecule has 11 heavy (non-hydrogen) atoms. The molecular weight excluding hydrogens is 279 g/mol. The number of carbonyl (C=O) groups is 1. The average molecular weight is 288 g/mol. The maximum absolute atomic E-state index is 11.0. The lowest BCUT2D eigenvalue weighted by molar-refractivity contribution is -0.150. The van der Waals surface area contributed by atoms with Gasteiger partial charge in [-0.05, 0) is 6.92 Å². The number of thioether (sulfide) groups is 1. The summed E-state index contributed by atoms with van der Waals surface area (Å²) in [5, 5.41) is 0. The van der Waals surface area contributed by atoms with E-state index in [-0.39, 0.29) is 10.1 Å². The van der Waals surface area contributed by atoms with Gasteiger partial charge >= 0.3 is 5.97 Å². The molecule has 2 atom stereocenters. The topological polar surface area (TPSA) is 35.5 Å². The van der Waals surface area contributed by atoms with Gasteiger partial charge in [-0.2, -0.15) is 0 Å². The molecule has 0 saturated carbocycles. The highest BCUT2D eigenvalue weighted by molar-refractivity contribution is 14.1. The van der Waals surface area contributed by atoms with E-state index >= 15 is 0 Å². The molecule has 0 aromatic heterocycles. The summed E-state index contributed by atoms with van der Waals surface area (Å²) in [5.74, 6) is 0.612. The van der Waals surface area contributed by atoms with E-state index in [1.807, 2.05) is 0 Å². The third-order valence-electron chi connectivity index (χ3n) is 1.13. The van der Waals surface area contributed by atoms with E-state index in [0.29, 0.717) is 6.61 Å². The predicted molar refractivity (Wildman–Crippen MR) is 51.8 cm³/mol. The molecule has 64 valence electrons. The summed E-state index contributed by atoms with van der Waals surface area (Å²) in [6.45, 7) is 2.21. The molecule has 0 unspecified atom stereocenters. The normalized spacial score (nSPS) is 30.4. The number of halogens is 1. The zero-order chi connectivity index (χ0) is 8.27. The van der Waals surface area contributed by atoms with Crippen LogP contribution in [0.1, 0.15) is 6.92 Å². The van der Waals surface area contributed by atoms with Crippen molar-refractivity contribution in [3.05, 3.63) is 0 Å². The van der Waals surface area contributed by atoms with Crippen LogP contribution < -0.4 is 0 Å². The van der Waals surface area contributed by atoms with Crippen molar-refractivity contribution in [2.24, 2.45) is 0 Å². The summed E-state index contributed by atoms with van der Waals surface area (Å²) in [6.07, 6.45) is 0. The molecular formula is C6H9IO3S. The SMILES string of the molecule is CCOC(=O)[C@H]1O[C@H](I)CS1. The molecule has 1 heterocycles. The van der Waals surface area contributed by atoms with E-state index in [2.05, 4.69) is 22.6 Å². The average Bonchev–Trinajstić information content (AvgIpc) is 2.36. The second-order valence-corrected chi connectivity index (χ2v) is 4.45. The number of hydrogen-bond acceptors (Lipinski definition) is 4. The van der Waals surface area contributed by atoms with Crippen molar-refractivity contribution < 1.29 is 14.3 Å². The Bertz CT molecular complexity index is 153. The van der Waals surface area contributed by atoms with Crippen molar-refractivity contribution in [3.8, 4) is 0 Å². The standard InChI is InChI=1S/C6H9IO3S/c1-2-9-5(8)6-10-4(7)3-11-6/h4,6H,2-3H2,1H3/t4-,6-/m0/s1. The molecule has 1 fully saturated rings. The lowest BCUT2D eigenvalue weighted by Crippen LogP contribution is -2.20. The minimum Gasteiger partial charge on any atom is -0.463 e. The Morgan fingerprint density at radius 1 is 1.91 bits per heavy atom. The van der Waals surface area contributed by atoms with Crippen LogP contribution in [0.15, 0.2) is 0 Å². The molecule has 0 bridgehead atoms. The molecule has 0 radical (unpaired) electrons. The number of ether oxygens (including phenoxy) is 2. The van der Waals surface area contributed by atoms with Crippen LogP contribution in [0.4, 0.5) is 0 Å². The summed E-state index contributed by atoms with van der Waals surface area (Å²) in [7, 11) is 0. The van der Waals surface area contributed by atoms with Gasteiger partial charge in [0.2, 0.25) is 5.44 Å². The fraction of sp³-hybridized carbons (Fsp3) is 0.833. The Morgan fingerprint density at radius 3 is 3.09 bits per heavy atom. The van der Waals surface area contributed by atoms with Crippen LogP contribution in [0.3, 0.4) is 0 Å². The Labute approximate surface area is 83.3 Å². The molecule has 0 N–H and O–H groups in total. The predicted octanol–water partition coefficient (Wildman–Crippen LogP) is 1.40. The van der Waals surface area contributed by atoms with Gasteiger partial charge in [0, 0.05) is 5.75 Å². The van der Waals surface area contributed by atoms with Crippen molar-refractivity contribution in [1.82, 2.24) is 0 Å². The first-order valence-electron chi connectivity index (χ1n) is 3.31. The minimum atomic E-state index is -0.392. The zero-order valence-corrected chi connectivity index (χ0v) is 9.05. The number of hydrogen-bond donors (Lipinski definition) is 0. The molecule has 5 heteroatoms. The smallest absolute Gasteiger partial charge is 0.345 e. The highest BCUT2D eigenvalue weighted by Gasteiger charge is 2.30. The van der Waals surface area contributed by atoms with Gasteiger partial charge < -0.3 is 9.47 Å². The van der Waals surface area contributed by atoms with Crippen LogP contribution in [0.25, 0.3) is 0 Å². The second kappa shape index (κ2) is 4.51. The first kappa shape index (κ1) is 9.60. The van der Waals surface area contributed by atoms with Gasteiger partial charge in [0.25, 0.3) is 0 Å². The van der Waals surface area contributed by atoms with Crippen molar-refractivity contribution in [2.45, 2.75) is 16.5 Å². The number of esters is 1. The van der Waals surface area contributed by atoms with Gasteiger partial charge in [0.05, 0.1) is 6.61 Å². The summed E-state index contributed by atoms with van der Waals surface area (Å²) in [5.41, 5.74) is -0.392. The van der Waals surface area contributed by atoms with Gasteiger partial charge in [-0.3, -0.25) is 0 Å². The summed E-state index contributed by atoms with van der Waals surface area (Å²) in [6, 6.07) is 0. The van der Waals surface area contributed by atoms with Crippen LogP contribution >= 0.6 is 34.4 Å². The van der Waals surface area contributed by atoms with Crippen molar-refractivity contribution >= 4 is 40.3 Å². The molecule has 0 spiro atoms. The van der Waals surface area contributed by atoms with E-state index in [9.17, 15) is 4.79 Å². The van der Waals surface area contributed by atoms with Crippen LogP contribution in [-0.2, 0) is 14.3 Å². The van der Waals surface area contributed by atoms with E-state index in [0.717, 1.165) is 5.75 Å². The van der Waals surface area contributed by atoms with Gasteiger partial charge in [0.15, 0.2) is 0 Å². The summed E-state index contributed by atoms with van der Waals surface area (Å²) < 4.78 is 10.2. The maximum Gasteiger partial charge on any atom is 0.345 e. The molecule has 0 aromatic rings. The monoisotopic (exact) mass is 288 g/mol. The first-order valence-corrected chi connectivity index (χ1v) is 5.61. The van der Waals surface area contributed by atoms with Gasteiger partial charge in [0.1, 0.15) is 4.11 Å². The molecule has 0 aliphatic carbocycles. The number of rotatable bonds is 2.